The first kappa shape index (κ1) is 14.7. The van der Waals surface area contributed by atoms with E-state index in [1.165, 1.54) is 0 Å². The van der Waals surface area contributed by atoms with Crippen molar-refractivity contribution in [3.8, 4) is 11.6 Å². The lowest BCUT2D eigenvalue weighted by Gasteiger charge is -2.11. The first-order valence-corrected chi connectivity index (χ1v) is 6.93. The summed E-state index contributed by atoms with van der Waals surface area (Å²) in [6.45, 7) is 1.70. The van der Waals surface area contributed by atoms with Crippen LogP contribution in [0.5, 0.6) is 11.6 Å². The summed E-state index contributed by atoms with van der Waals surface area (Å²) < 4.78 is 6.20. The van der Waals surface area contributed by atoms with E-state index in [-0.39, 0.29) is 11.2 Å². The number of nitrogen functional groups attached to an aromatic ring is 1. The second-order valence-electron chi connectivity index (χ2n) is 3.60. The smallest absolute Gasteiger partial charge is 0.247 e. The summed E-state index contributed by atoms with van der Waals surface area (Å²) in [6.07, 6.45) is 0. The first-order valence-electron chi connectivity index (χ1n) is 5.00. The summed E-state index contributed by atoms with van der Waals surface area (Å²) in [4.78, 5) is 7.83. The SMILES string of the molecule is Cc1nc(Cl)nc(Oc2cc(Cl)c(Br)cc2Cl)c1N. The normalized spacial score (nSPS) is 10.6. The maximum atomic E-state index is 6.05. The zero-order valence-corrected chi connectivity index (χ0v) is 13.4. The van der Waals surface area contributed by atoms with Gasteiger partial charge in [0.05, 0.1) is 15.7 Å². The summed E-state index contributed by atoms with van der Waals surface area (Å²) >= 11 is 21.1. The molecule has 0 unspecified atom stereocenters. The van der Waals surface area contributed by atoms with Gasteiger partial charge in [0.15, 0.2) is 0 Å². The molecule has 8 heteroatoms. The molecule has 4 nitrogen and oxygen atoms in total. The van der Waals surface area contributed by atoms with Crippen LogP contribution in [0.15, 0.2) is 16.6 Å². The summed E-state index contributed by atoms with van der Waals surface area (Å²) in [7, 11) is 0. The highest BCUT2D eigenvalue weighted by atomic mass is 79.9. The lowest BCUT2D eigenvalue weighted by molar-refractivity contribution is 0.464. The molecule has 0 spiro atoms. The van der Waals surface area contributed by atoms with Crippen LogP contribution in [0.3, 0.4) is 0 Å². The minimum atomic E-state index is 0.0426. The summed E-state index contributed by atoms with van der Waals surface area (Å²) in [5.41, 5.74) is 6.64. The molecule has 0 aliphatic heterocycles. The maximum Gasteiger partial charge on any atom is 0.247 e. The molecule has 19 heavy (non-hydrogen) atoms. The van der Waals surface area contributed by atoms with Crippen molar-refractivity contribution in [3.63, 3.8) is 0 Å². The third kappa shape index (κ3) is 3.23. The Hall–Kier alpha value is -0.750. The van der Waals surface area contributed by atoms with E-state index >= 15 is 0 Å². The van der Waals surface area contributed by atoms with E-state index in [9.17, 15) is 0 Å². The minimum Gasteiger partial charge on any atom is -0.435 e. The van der Waals surface area contributed by atoms with Crippen molar-refractivity contribution in [2.75, 3.05) is 5.73 Å². The van der Waals surface area contributed by atoms with Crippen molar-refractivity contribution in [2.45, 2.75) is 6.92 Å². The molecule has 0 radical (unpaired) electrons. The highest BCUT2D eigenvalue weighted by molar-refractivity contribution is 9.10. The summed E-state index contributed by atoms with van der Waals surface area (Å²) in [6, 6.07) is 3.17. The Morgan fingerprint density at radius 1 is 1.16 bits per heavy atom. The van der Waals surface area contributed by atoms with Gasteiger partial charge in [0.2, 0.25) is 11.2 Å². The number of aromatic nitrogens is 2. The predicted octanol–water partition coefficient (Wildman–Crippen LogP) is 4.88. The molecule has 2 aromatic rings. The molecular formula is C11H7BrCl3N3O. The van der Waals surface area contributed by atoms with Crippen LogP contribution in [0.4, 0.5) is 5.69 Å². The van der Waals surface area contributed by atoms with E-state index in [4.69, 9.17) is 45.3 Å². The van der Waals surface area contributed by atoms with Gasteiger partial charge in [-0.25, -0.2) is 4.98 Å². The standard InChI is InChI=1S/C11H7BrCl3N3O/c1-4-9(16)10(18-11(15)17-4)19-8-3-6(13)5(12)2-7(8)14/h2-3H,16H2,1H3. The number of hydrogen-bond acceptors (Lipinski definition) is 4. The van der Waals surface area contributed by atoms with Gasteiger partial charge in [-0.15, -0.1) is 0 Å². The highest BCUT2D eigenvalue weighted by Gasteiger charge is 2.13. The van der Waals surface area contributed by atoms with Crippen molar-refractivity contribution < 1.29 is 4.74 Å². The Balaban J connectivity index is 2.44. The van der Waals surface area contributed by atoms with Gasteiger partial charge in [-0.1, -0.05) is 23.2 Å². The van der Waals surface area contributed by atoms with E-state index in [0.717, 1.165) is 0 Å². The average molecular weight is 383 g/mol. The fraction of sp³-hybridized carbons (Fsp3) is 0.0909. The van der Waals surface area contributed by atoms with Crippen molar-refractivity contribution >= 4 is 56.4 Å². The van der Waals surface area contributed by atoms with Crippen LogP contribution >= 0.6 is 50.7 Å². The third-order valence-corrected chi connectivity index (χ3v) is 3.92. The molecule has 0 atom stereocenters. The maximum absolute atomic E-state index is 6.05. The largest absolute Gasteiger partial charge is 0.435 e. The van der Waals surface area contributed by atoms with Crippen LogP contribution in [-0.4, -0.2) is 9.97 Å². The number of benzene rings is 1. The number of nitrogens with zero attached hydrogens (tertiary/aromatic N) is 2. The van der Waals surface area contributed by atoms with Crippen LogP contribution in [0.1, 0.15) is 5.69 Å². The number of hydrogen-bond donors (Lipinski definition) is 1. The monoisotopic (exact) mass is 381 g/mol. The van der Waals surface area contributed by atoms with Crippen LogP contribution in [0, 0.1) is 6.92 Å². The Morgan fingerprint density at radius 2 is 1.84 bits per heavy atom. The van der Waals surface area contributed by atoms with Crippen LogP contribution in [0.25, 0.3) is 0 Å². The molecule has 0 fully saturated rings. The fourth-order valence-electron chi connectivity index (χ4n) is 1.29. The van der Waals surface area contributed by atoms with Crippen LogP contribution in [-0.2, 0) is 0 Å². The molecule has 0 saturated carbocycles. The van der Waals surface area contributed by atoms with Gasteiger partial charge in [0.25, 0.3) is 0 Å². The Labute approximate surface area is 133 Å². The molecule has 1 aromatic carbocycles. The van der Waals surface area contributed by atoms with Gasteiger partial charge < -0.3 is 10.5 Å². The van der Waals surface area contributed by atoms with Gasteiger partial charge >= 0.3 is 0 Å². The van der Waals surface area contributed by atoms with Gasteiger partial charge in [0.1, 0.15) is 11.4 Å². The fourth-order valence-corrected chi connectivity index (χ4v) is 2.32. The second-order valence-corrected chi connectivity index (χ2v) is 5.60. The highest BCUT2D eigenvalue weighted by Crippen LogP contribution is 2.37. The molecule has 2 N–H and O–H groups in total. The van der Waals surface area contributed by atoms with Gasteiger partial charge in [-0.3, -0.25) is 0 Å². The molecule has 0 aliphatic rings. The lowest BCUT2D eigenvalue weighted by Crippen LogP contribution is -2.01. The zero-order valence-electron chi connectivity index (χ0n) is 9.55. The minimum absolute atomic E-state index is 0.0426. The summed E-state index contributed by atoms with van der Waals surface area (Å²) in [5, 5.41) is 0.860. The van der Waals surface area contributed by atoms with E-state index < -0.39 is 0 Å². The van der Waals surface area contributed by atoms with E-state index in [1.807, 2.05) is 0 Å². The molecule has 0 amide bonds. The number of aryl methyl sites for hydroxylation is 1. The molecular weight excluding hydrogens is 376 g/mol. The number of nitrogens with two attached hydrogens (primary N) is 1. The number of anilines is 1. The number of ether oxygens (including phenoxy) is 1. The molecule has 0 aliphatic carbocycles. The average Bonchev–Trinajstić information content (AvgIpc) is 2.32. The van der Waals surface area contributed by atoms with Gasteiger partial charge in [-0.05, 0) is 40.5 Å². The summed E-state index contributed by atoms with van der Waals surface area (Å²) in [5.74, 6) is 0.466. The van der Waals surface area contributed by atoms with Crippen molar-refractivity contribution in [1.82, 2.24) is 9.97 Å². The topological polar surface area (TPSA) is 61.0 Å². The molecule has 2 rings (SSSR count). The quantitative estimate of drug-likeness (QED) is 0.593. The first-order chi connectivity index (χ1) is 8.88. The van der Waals surface area contributed by atoms with E-state index in [0.29, 0.717) is 31.6 Å². The van der Waals surface area contributed by atoms with Crippen molar-refractivity contribution in [2.24, 2.45) is 0 Å². The predicted molar refractivity (Wildman–Crippen MR) is 80.4 cm³/mol. The zero-order chi connectivity index (χ0) is 14.2. The molecule has 0 bridgehead atoms. The molecule has 0 saturated heterocycles. The number of rotatable bonds is 2. The van der Waals surface area contributed by atoms with Crippen molar-refractivity contribution in [3.05, 3.63) is 37.6 Å². The van der Waals surface area contributed by atoms with E-state index in [1.54, 1.807) is 19.1 Å². The molecule has 1 heterocycles. The lowest BCUT2D eigenvalue weighted by atomic mass is 10.3. The third-order valence-electron chi connectivity index (χ3n) is 2.26. The molecule has 1 aromatic heterocycles. The Kier molecular flexibility index (Phi) is 4.40. The molecule has 100 valence electrons. The van der Waals surface area contributed by atoms with E-state index in [2.05, 4.69) is 25.9 Å². The Morgan fingerprint density at radius 3 is 2.53 bits per heavy atom. The van der Waals surface area contributed by atoms with Crippen LogP contribution < -0.4 is 10.5 Å². The number of halogens is 4. The van der Waals surface area contributed by atoms with Gasteiger partial charge in [0, 0.05) is 10.5 Å². The second kappa shape index (κ2) is 5.71. The Bertz CT molecular complexity index is 652. The van der Waals surface area contributed by atoms with Crippen LogP contribution in [0.2, 0.25) is 15.3 Å². The van der Waals surface area contributed by atoms with Crippen molar-refractivity contribution in [1.29, 1.82) is 0 Å². The van der Waals surface area contributed by atoms with Gasteiger partial charge in [-0.2, -0.15) is 4.98 Å².